The lowest BCUT2D eigenvalue weighted by Gasteiger charge is -2.12. The van der Waals surface area contributed by atoms with Gasteiger partial charge in [0, 0.05) is 29.6 Å². The predicted octanol–water partition coefficient (Wildman–Crippen LogP) is 2.81. The van der Waals surface area contributed by atoms with Crippen LogP contribution in [0.1, 0.15) is 64.2 Å². The van der Waals surface area contributed by atoms with Gasteiger partial charge in [0.15, 0.2) is 0 Å². The number of amides is 1. The van der Waals surface area contributed by atoms with Crippen molar-refractivity contribution >= 4 is 17.2 Å². The first kappa shape index (κ1) is 16.9. The first-order valence-corrected chi connectivity index (χ1v) is 9.35. The van der Waals surface area contributed by atoms with E-state index < -0.39 is 0 Å². The van der Waals surface area contributed by atoms with Gasteiger partial charge in [-0.2, -0.15) is 0 Å². The molecule has 0 unspecified atom stereocenters. The molecule has 0 bridgehead atoms. The number of aryl methyl sites for hydroxylation is 2. The average molecular weight is 345 g/mol. The SMILES string of the molecule is CC(C)c1[nH]c(=O)ccc1C(=O)NCCc1nc2c(s1)CCCC2. The van der Waals surface area contributed by atoms with Crippen LogP contribution in [0, 0.1) is 0 Å². The van der Waals surface area contributed by atoms with Crippen molar-refractivity contribution in [2.24, 2.45) is 0 Å². The minimum atomic E-state index is -0.177. The van der Waals surface area contributed by atoms with Crippen molar-refractivity contribution < 1.29 is 4.79 Å². The molecule has 0 radical (unpaired) electrons. The Balaban J connectivity index is 1.62. The van der Waals surface area contributed by atoms with E-state index in [2.05, 4.69) is 10.3 Å². The maximum atomic E-state index is 12.4. The summed E-state index contributed by atoms with van der Waals surface area (Å²) in [7, 11) is 0. The fraction of sp³-hybridized carbons (Fsp3) is 0.500. The smallest absolute Gasteiger partial charge is 0.253 e. The summed E-state index contributed by atoms with van der Waals surface area (Å²) < 4.78 is 0. The summed E-state index contributed by atoms with van der Waals surface area (Å²) in [6.45, 7) is 4.48. The number of rotatable bonds is 5. The highest BCUT2D eigenvalue weighted by Gasteiger charge is 2.16. The van der Waals surface area contributed by atoms with Gasteiger partial charge in [-0.15, -0.1) is 11.3 Å². The summed E-state index contributed by atoms with van der Waals surface area (Å²) in [6, 6.07) is 3.00. The van der Waals surface area contributed by atoms with Crippen LogP contribution in [0.25, 0.3) is 0 Å². The summed E-state index contributed by atoms with van der Waals surface area (Å²) in [6.07, 6.45) is 5.48. The third-order valence-corrected chi connectivity index (χ3v) is 5.50. The van der Waals surface area contributed by atoms with Gasteiger partial charge in [-0.05, 0) is 37.7 Å². The third kappa shape index (κ3) is 3.75. The Hall–Kier alpha value is -1.95. The van der Waals surface area contributed by atoms with Crippen LogP contribution in [0.3, 0.4) is 0 Å². The summed E-state index contributed by atoms with van der Waals surface area (Å²) in [5.41, 5.74) is 2.31. The summed E-state index contributed by atoms with van der Waals surface area (Å²) in [5.74, 6) is -0.0541. The molecular formula is C18H23N3O2S. The molecule has 2 heterocycles. The van der Waals surface area contributed by atoms with Crippen LogP contribution in [-0.4, -0.2) is 22.4 Å². The minimum Gasteiger partial charge on any atom is -0.352 e. The molecule has 0 aromatic carbocycles. The standard InChI is InChI=1S/C18H23N3O2S/c1-11(2)17-12(7-8-15(22)21-17)18(23)19-10-9-16-20-13-5-3-4-6-14(13)24-16/h7-8,11H,3-6,9-10H2,1-2H3,(H,19,23)(H,21,22). The van der Waals surface area contributed by atoms with Crippen molar-refractivity contribution in [3.63, 3.8) is 0 Å². The Bertz CT molecular complexity index is 768. The van der Waals surface area contributed by atoms with Gasteiger partial charge in [0.25, 0.3) is 5.91 Å². The van der Waals surface area contributed by atoms with E-state index in [1.54, 1.807) is 17.4 Å². The van der Waals surface area contributed by atoms with E-state index in [0.717, 1.165) is 24.3 Å². The van der Waals surface area contributed by atoms with Gasteiger partial charge in [-0.1, -0.05) is 13.8 Å². The first-order valence-electron chi connectivity index (χ1n) is 8.53. The summed E-state index contributed by atoms with van der Waals surface area (Å²) in [5, 5.41) is 4.05. The van der Waals surface area contributed by atoms with Crippen molar-refractivity contribution in [3.8, 4) is 0 Å². The van der Waals surface area contributed by atoms with E-state index >= 15 is 0 Å². The molecule has 24 heavy (non-hydrogen) atoms. The van der Waals surface area contributed by atoms with Gasteiger partial charge in [0.05, 0.1) is 16.3 Å². The number of aromatic nitrogens is 2. The molecule has 1 amide bonds. The van der Waals surface area contributed by atoms with E-state index in [1.807, 2.05) is 13.8 Å². The second kappa shape index (κ2) is 7.30. The first-order chi connectivity index (χ1) is 11.5. The molecule has 0 aliphatic heterocycles. The molecule has 3 rings (SSSR count). The van der Waals surface area contributed by atoms with E-state index in [1.165, 1.54) is 29.5 Å². The van der Waals surface area contributed by atoms with Crippen molar-refractivity contribution in [1.29, 1.82) is 0 Å². The Morgan fingerprint density at radius 2 is 2.12 bits per heavy atom. The maximum Gasteiger partial charge on any atom is 0.253 e. The fourth-order valence-corrected chi connectivity index (χ4v) is 4.19. The number of hydrogen-bond acceptors (Lipinski definition) is 4. The van der Waals surface area contributed by atoms with Crippen LogP contribution in [0.15, 0.2) is 16.9 Å². The lowest BCUT2D eigenvalue weighted by Crippen LogP contribution is -2.28. The molecule has 0 saturated carbocycles. The van der Waals surface area contributed by atoms with Crippen LogP contribution in [0.4, 0.5) is 0 Å². The largest absolute Gasteiger partial charge is 0.352 e. The highest BCUT2D eigenvalue weighted by Crippen LogP contribution is 2.26. The lowest BCUT2D eigenvalue weighted by atomic mass is 10.0. The molecule has 0 atom stereocenters. The molecule has 2 aromatic rings. The van der Waals surface area contributed by atoms with Gasteiger partial charge in [0.1, 0.15) is 0 Å². The molecule has 0 saturated heterocycles. The number of fused-ring (bicyclic) bond motifs is 1. The van der Waals surface area contributed by atoms with Crippen LogP contribution < -0.4 is 10.9 Å². The Morgan fingerprint density at radius 1 is 1.33 bits per heavy atom. The van der Waals surface area contributed by atoms with Crippen molar-refractivity contribution in [2.45, 2.75) is 51.9 Å². The Kier molecular flexibility index (Phi) is 5.14. The van der Waals surface area contributed by atoms with E-state index in [-0.39, 0.29) is 17.4 Å². The second-order valence-corrected chi connectivity index (χ2v) is 7.66. The lowest BCUT2D eigenvalue weighted by molar-refractivity contribution is 0.0952. The topological polar surface area (TPSA) is 74.8 Å². The van der Waals surface area contributed by atoms with Crippen LogP contribution in [0.2, 0.25) is 0 Å². The Labute approximate surface area is 145 Å². The number of carbonyl (C=O) groups excluding carboxylic acids is 1. The maximum absolute atomic E-state index is 12.4. The zero-order valence-electron chi connectivity index (χ0n) is 14.1. The van der Waals surface area contributed by atoms with Gasteiger partial charge >= 0.3 is 0 Å². The second-order valence-electron chi connectivity index (χ2n) is 6.50. The number of nitrogens with one attached hydrogen (secondary N) is 2. The monoisotopic (exact) mass is 345 g/mol. The highest BCUT2D eigenvalue weighted by atomic mass is 32.1. The van der Waals surface area contributed by atoms with E-state index in [0.29, 0.717) is 17.8 Å². The Morgan fingerprint density at radius 3 is 2.88 bits per heavy atom. The average Bonchev–Trinajstić information content (AvgIpc) is 2.97. The van der Waals surface area contributed by atoms with Crippen LogP contribution >= 0.6 is 11.3 Å². The molecule has 1 aliphatic rings. The summed E-state index contributed by atoms with van der Waals surface area (Å²) in [4.78, 5) is 32.8. The fourth-order valence-electron chi connectivity index (χ4n) is 3.03. The molecule has 1 aliphatic carbocycles. The number of carbonyl (C=O) groups is 1. The number of hydrogen-bond donors (Lipinski definition) is 2. The molecule has 0 spiro atoms. The van der Waals surface area contributed by atoms with Crippen molar-refractivity contribution in [2.75, 3.05) is 6.54 Å². The van der Waals surface area contributed by atoms with Gasteiger partial charge < -0.3 is 10.3 Å². The minimum absolute atomic E-state index is 0.0883. The third-order valence-electron chi connectivity index (χ3n) is 4.29. The predicted molar refractivity (Wildman–Crippen MR) is 95.9 cm³/mol. The molecule has 5 nitrogen and oxygen atoms in total. The number of H-pyrrole nitrogens is 1. The molecule has 6 heteroatoms. The number of pyridine rings is 1. The van der Waals surface area contributed by atoms with Gasteiger partial charge in [-0.3, -0.25) is 9.59 Å². The number of aromatic amines is 1. The molecular weight excluding hydrogens is 322 g/mol. The summed E-state index contributed by atoms with van der Waals surface area (Å²) >= 11 is 1.78. The number of thiazole rings is 1. The molecule has 2 N–H and O–H groups in total. The quantitative estimate of drug-likeness (QED) is 0.875. The van der Waals surface area contributed by atoms with Gasteiger partial charge in [-0.25, -0.2) is 4.98 Å². The molecule has 2 aromatic heterocycles. The van der Waals surface area contributed by atoms with Gasteiger partial charge in [0.2, 0.25) is 5.56 Å². The molecule has 0 fully saturated rings. The zero-order valence-corrected chi connectivity index (χ0v) is 15.0. The van der Waals surface area contributed by atoms with Crippen molar-refractivity contribution in [3.05, 3.63) is 49.3 Å². The molecule has 128 valence electrons. The van der Waals surface area contributed by atoms with E-state index in [9.17, 15) is 9.59 Å². The zero-order chi connectivity index (χ0) is 17.1. The van der Waals surface area contributed by atoms with Crippen LogP contribution in [-0.2, 0) is 19.3 Å². The highest BCUT2D eigenvalue weighted by molar-refractivity contribution is 7.11. The number of nitrogens with zero attached hydrogens (tertiary/aromatic N) is 1. The normalized spacial score (nSPS) is 13.8. The van der Waals surface area contributed by atoms with Crippen molar-refractivity contribution in [1.82, 2.24) is 15.3 Å². The van der Waals surface area contributed by atoms with Crippen LogP contribution in [0.5, 0.6) is 0 Å². The van der Waals surface area contributed by atoms with E-state index in [4.69, 9.17) is 4.98 Å².